The highest BCUT2D eigenvalue weighted by atomic mass is 19.4. The van der Waals surface area contributed by atoms with E-state index in [-0.39, 0.29) is 11.1 Å². The van der Waals surface area contributed by atoms with Crippen LogP contribution in [0.4, 0.5) is 18.9 Å². The molecule has 25 heavy (non-hydrogen) atoms. The molecule has 0 unspecified atom stereocenters. The van der Waals surface area contributed by atoms with Crippen molar-refractivity contribution in [2.75, 3.05) is 5.73 Å². The number of ketones is 1. The summed E-state index contributed by atoms with van der Waals surface area (Å²) in [5.41, 5.74) is 5.44. The Balaban J connectivity index is 2.15. The molecule has 0 aliphatic rings. The molecule has 0 radical (unpaired) electrons. The van der Waals surface area contributed by atoms with Crippen molar-refractivity contribution in [2.24, 2.45) is 0 Å². The zero-order chi connectivity index (χ0) is 18.0. The molecule has 0 spiro atoms. The minimum absolute atomic E-state index is 0.0816. The Morgan fingerprint density at radius 2 is 1.72 bits per heavy atom. The van der Waals surface area contributed by atoms with Crippen molar-refractivity contribution in [3.63, 3.8) is 0 Å². The van der Waals surface area contributed by atoms with Gasteiger partial charge >= 0.3 is 6.18 Å². The first kappa shape index (κ1) is 16.7. The van der Waals surface area contributed by atoms with Crippen LogP contribution in [0.25, 0.3) is 16.5 Å². The molecule has 0 saturated carbocycles. The summed E-state index contributed by atoms with van der Waals surface area (Å²) >= 11 is 0. The summed E-state index contributed by atoms with van der Waals surface area (Å²) < 4.78 is 40.8. The zero-order valence-electron chi connectivity index (χ0n) is 12.9. The molecule has 0 amide bonds. The third-order valence-corrected chi connectivity index (χ3v) is 3.71. The Labute approximate surface area is 141 Å². The van der Waals surface area contributed by atoms with Crippen LogP contribution in [0.5, 0.6) is 0 Å². The van der Waals surface area contributed by atoms with Crippen LogP contribution in [0.1, 0.15) is 15.9 Å². The van der Waals surface area contributed by atoms with Gasteiger partial charge in [0.05, 0.1) is 11.1 Å². The molecule has 0 bridgehead atoms. The molecule has 126 valence electrons. The van der Waals surface area contributed by atoms with Crippen LogP contribution < -0.4 is 5.73 Å². The van der Waals surface area contributed by atoms with Gasteiger partial charge in [0.2, 0.25) is 0 Å². The number of pyridine rings is 1. The molecule has 1 aromatic heterocycles. The Kier molecular flexibility index (Phi) is 4.27. The number of alkyl halides is 3. The van der Waals surface area contributed by atoms with Crippen LogP contribution in [0, 0.1) is 0 Å². The summed E-state index contributed by atoms with van der Waals surface area (Å²) in [6.45, 7) is 0. The first-order valence-corrected chi connectivity index (χ1v) is 7.39. The van der Waals surface area contributed by atoms with E-state index >= 15 is 0 Å². The highest BCUT2D eigenvalue weighted by molar-refractivity contribution is 6.10. The van der Waals surface area contributed by atoms with Crippen LogP contribution in [0.3, 0.4) is 0 Å². The van der Waals surface area contributed by atoms with Crippen molar-refractivity contribution in [3.05, 3.63) is 78.0 Å². The topological polar surface area (TPSA) is 56.0 Å². The Morgan fingerprint density at radius 1 is 1.00 bits per heavy atom. The lowest BCUT2D eigenvalue weighted by molar-refractivity contribution is -0.0689. The minimum atomic E-state index is -4.69. The number of halogens is 3. The average Bonchev–Trinajstić information content (AvgIpc) is 2.59. The van der Waals surface area contributed by atoms with Gasteiger partial charge in [0, 0.05) is 22.8 Å². The first-order valence-electron chi connectivity index (χ1n) is 7.39. The third kappa shape index (κ3) is 3.52. The fourth-order valence-electron chi connectivity index (χ4n) is 2.51. The van der Waals surface area contributed by atoms with E-state index in [0.717, 1.165) is 0 Å². The average molecular weight is 342 g/mol. The van der Waals surface area contributed by atoms with E-state index < -0.39 is 17.5 Å². The quantitative estimate of drug-likeness (QED) is 0.428. The number of carbonyl (C=O) groups is 1. The van der Waals surface area contributed by atoms with Crippen molar-refractivity contribution in [3.8, 4) is 0 Å². The van der Waals surface area contributed by atoms with Gasteiger partial charge in [-0.2, -0.15) is 13.2 Å². The molecule has 2 aromatic carbocycles. The summed E-state index contributed by atoms with van der Waals surface area (Å²) in [4.78, 5) is 16.3. The number of allylic oxidation sites excluding steroid dienone is 2. The Bertz CT molecular complexity index is 955. The van der Waals surface area contributed by atoms with E-state index in [0.29, 0.717) is 22.7 Å². The number of nitrogens with zero attached hydrogens (tertiary/aromatic N) is 1. The molecule has 0 aliphatic carbocycles. The maximum atomic E-state index is 13.6. The predicted molar refractivity (Wildman–Crippen MR) is 91.0 cm³/mol. The van der Waals surface area contributed by atoms with E-state index in [1.165, 1.54) is 42.6 Å². The number of carbonyl (C=O) groups excluding carboxylic acids is 1. The van der Waals surface area contributed by atoms with Gasteiger partial charge in [0.1, 0.15) is 0 Å². The van der Waals surface area contributed by atoms with Crippen LogP contribution in [-0.2, 0) is 0 Å². The molecule has 0 aliphatic heterocycles. The van der Waals surface area contributed by atoms with Gasteiger partial charge in [-0.25, -0.2) is 0 Å². The Morgan fingerprint density at radius 3 is 2.40 bits per heavy atom. The standard InChI is InChI=1S/C19H13F3N2O/c20-19(21,22)16(11-18(25)12-6-8-13(23)9-7-12)14-3-1-5-17-15(14)4-2-10-24-17/h1-11H,23H2/b16-11-. The third-order valence-electron chi connectivity index (χ3n) is 3.71. The van der Waals surface area contributed by atoms with Gasteiger partial charge in [-0.05, 0) is 48.0 Å². The SMILES string of the molecule is Nc1ccc(C(=O)/C=C(/c2cccc3ncccc23)C(F)(F)F)cc1. The second-order valence-electron chi connectivity index (χ2n) is 5.42. The van der Waals surface area contributed by atoms with E-state index in [9.17, 15) is 18.0 Å². The largest absolute Gasteiger partial charge is 0.417 e. The maximum Gasteiger partial charge on any atom is 0.417 e. The molecule has 1 heterocycles. The van der Waals surface area contributed by atoms with Gasteiger partial charge in [-0.1, -0.05) is 18.2 Å². The number of nitrogens with two attached hydrogens (primary N) is 1. The number of anilines is 1. The van der Waals surface area contributed by atoms with Gasteiger partial charge < -0.3 is 5.73 Å². The van der Waals surface area contributed by atoms with E-state index in [4.69, 9.17) is 5.73 Å². The summed E-state index contributed by atoms with van der Waals surface area (Å²) in [5.74, 6) is -0.742. The summed E-state index contributed by atoms with van der Waals surface area (Å²) in [6, 6.07) is 13.3. The number of fused-ring (bicyclic) bond motifs is 1. The second kappa shape index (κ2) is 6.39. The van der Waals surface area contributed by atoms with Crippen molar-refractivity contribution in [1.29, 1.82) is 0 Å². The van der Waals surface area contributed by atoms with Crippen LogP contribution in [-0.4, -0.2) is 16.9 Å². The number of nitrogen functional groups attached to an aromatic ring is 1. The molecule has 3 aromatic rings. The number of hydrogen-bond donors (Lipinski definition) is 1. The lowest BCUT2D eigenvalue weighted by atomic mass is 9.97. The van der Waals surface area contributed by atoms with E-state index in [1.807, 2.05) is 0 Å². The lowest BCUT2D eigenvalue weighted by Crippen LogP contribution is -2.13. The molecule has 0 saturated heterocycles. The molecular weight excluding hydrogens is 329 g/mol. The zero-order valence-corrected chi connectivity index (χ0v) is 12.9. The van der Waals surface area contributed by atoms with Crippen molar-refractivity contribution in [2.45, 2.75) is 6.18 Å². The number of benzene rings is 2. The molecule has 2 N–H and O–H groups in total. The maximum absolute atomic E-state index is 13.6. The highest BCUT2D eigenvalue weighted by Gasteiger charge is 2.36. The monoisotopic (exact) mass is 342 g/mol. The van der Waals surface area contributed by atoms with Crippen molar-refractivity contribution < 1.29 is 18.0 Å². The van der Waals surface area contributed by atoms with Crippen LogP contribution in [0.15, 0.2) is 66.9 Å². The molecule has 3 nitrogen and oxygen atoms in total. The van der Waals surface area contributed by atoms with Gasteiger partial charge in [-0.3, -0.25) is 9.78 Å². The normalized spacial score (nSPS) is 12.4. The molecule has 6 heteroatoms. The lowest BCUT2D eigenvalue weighted by Gasteiger charge is -2.14. The number of rotatable bonds is 3. The van der Waals surface area contributed by atoms with Crippen LogP contribution in [0.2, 0.25) is 0 Å². The fourth-order valence-corrected chi connectivity index (χ4v) is 2.51. The summed E-state index contributed by atoms with van der Waals surface area (Å²) in [5, 5.41) is 0.332. The van der Waals surface area contributed by atoms with Gasteiger partial charge in [0.15, 0.2) is 5.78 Å². The second-order valence-corrected chi connectivity index (χ2v) is 5.42. The highest BCUT2D eigenvalue weighted by Crippen LogP contribution is 2.37. The fraction of sp³-hybridized carbons (Fsp3) is 0.0526. The molecule has 0 fully saturated rings. The summed E-state index contributed by atoms with van der Waals surface area (Å²) in [6.07, 6.45) is -2.57. The minimum Gasteiger partial charge on any atom is -0.399 e. The van der Waals surface area contributed by atoms with E-state index in [1.54, 1.807) is 18.2 Å². The number of hydrogen-bond acceptors (Lipinski definition) is 3. The molecular formula is C19H13F3N2O. The first-order chi connectivity index (χ1) is 11.9. The number of aromatic nitrogens is 1. The smallest absolute Gasteiger partial charge is 0.399 e. The van der Waals surface area contributed by atoms with Gasteiger partial charge in [0.25, 0.3) is 0 Å². The van der Waals surface area contributed by atoms with Crippen molar-refractivity contribution in [1.82, 2.24) is 4.98 Å². The van der Waals surface area contributed by atoms with Crippen molar-refractivity contribution >= 4 is 27.9 Å². The summed E-state index contributed by atoms with van der Waals surface area (Å²) in [7, 11) is 0. The van der Waals surface area contributed by atoms with Crippen LogP contribution >= 0.6 is 0 Å². The predicted octanol–water partition coefficient (Wildman–Crippen LogP) is 4.65. The van der Waals surface area contributed by atoms with E-state index in [2.05, 4.69) is 4.98 Å². The molecule has 0 atom stereocenters. The van der Waals surface area contributed by atoms with Gasteiger partial charge in [-0.15, -0.1) is 0 Å². The molecule has 3 rings (SSSR count). The Hall–Kier alpha value is -3.15.